The normalized spacial score (nSPS) is 11.8. The van der Waals surface area contributed by atoms with E-state index in [1.807, 2.05) is 6.07 Å². The average molecular weight is 339 g/mol. The molecule has 25 heavy (non-hydrogen) atoms. The number of nitrogens with one attached hydrogen (secondary N) is 3. The van der Waals surface area contributed by atoms with E-state index in [0.29, 0.717) is 17.8 Å². The Morgan fingerprint density at radius 1 is 1.36 bits per heavy atom. The van der Waals surface area contributed by atoms with Gasteiger partial charge >= 0.3 is 12.0 Å². The van der Waals surface area contributed by atoms with Crippen LogP contribution in [0.3, 0.4) is 0 Å². The fraction of sp³-hybridized carbons (Fsp3) is 0.125. The standard InChI is InChI=1S/C16H13N5O4/c22-12(23)7-18-16(25)19-9-1-2-10-8(5-9)6-11-13(10)20-15(24)14-17-3-4-21(11)14/h1-5H,6-7H2,(H,20,24)(H,22,23)(H2,18,19,25). The van der Waals surface area contributed by atoms with Gasteiger partial charge in [0.15, 0.2) is 0 Å². The highest BCUT2D eigenvalue weighted by molar-refractivity contribution is 5.92. The summed E-state index contributed by atoms with van der Waals surface area (Å²) in [6, 6.07) is 4.72. The summed E-state index contributed by atoms with van der Waals surface area (Å²) in [5, 5.41) is 13.4. The van der Waals surface area contributed by atoms with E-state index in [1.54, 1.807) is 28.9 Å². The third-order valence-corrected chi connectivity index (χ3v) is 4.05. The maximum atomic E-state index is 12.1. The topological polar surface area (TPSA) is 129 Å². The lowest BCUT2D eigenvalue weighted by atomic mass is 10.1. The van der Waals surface area contributed by atoms with Crippen LogP contribution in [0.15, 0.2) is 35.4 Å². The fourth-order valence-electron chi connectivity index (χ4n) is 3.02. The van der Waals surface area contributed by atoms with Crippen LogP contribution in [0.4, 0.5) is 10.5 Å². The minimum absolute atomic E-state index is 0.258. The summed E-state index contributed by atoms with van der Waals surface area (Å²) in [5.41, 5.74) is 4.13. The predicted molar refractivity (Wildman–Crippen MR) is 88.7 cm³/mol. The zero-order chi connectivity index (χ0) is 17.6. The maximum absolute atomic E-state index is 12.1. The first-order valence-corrected chi connectivity index (χ1v) is 7.51. The number of imidazole rings is 1. The Morgan fingerprint density at radius 2 is 2.20 bits per heavy atom. The molecule has 1 aromatic carbocycles. The van der Waals surface area contributed by atoms with Crippen molar-refractivity contribution in [1.82, 2.24) is 19.7 Å². The number of benzene rings is 1. The van der Waals surface area contributed by atoms with E-state index in [9.17, 15) is 14.4 Å². The summed E-state index contributed by atoms with van der Waals surface area (Å²) in [6.07, 6.45) is 3.90. The van der Waals surface area contributed by atoms with Gasteiger partial charge in [0.25, 0.3) is 5.56 Å². The Morgan fingerprint density at radius 3 is 3.00 bits per heavy atom. The highest BCUT2D eigenvalue weighted by atomic mass is 16.4. The molecule has 4 rings (SSSR count). The van der Waals surface area contributed by atoms with Crippen molar-refractivity contribution in [2.75, 3.05) is 11.9 Å². The molecule has 0 saturated heterocycles. The number of carboxylic acid groups (broad SMARTS) is 1. The van der Waals surface area contributed by atoms with Crippen molar-refractivity contribution >= 4 is 23.3 Å². The molecule has 0 radical (unpaired) electrons. The SMILES string of the molecule is O=C(O)CNC(=O)Nc1ccc2c(c1)Cc1c-2[nH]c(=O)c2nccn12. The second-order valence-electron chi connectivity index (χ2n) is 5.65. The molecule has 3 aromatic rings. The van der Waals surface area contributed by atoms with Crippen molar-refractivity contribution < 1.29 is 14.7 Å². The third-order valence-electron chi connectivity index (χ3n) is 4.05. The molecule has 2 aromatic heterocycles. The minimum atomic E-state index is -1.12. The average Bonchev–Trinajstić information content (AvgIpc) is 3.18. The number of aromatic nitrogens is 3. The van der Waals surface area contributed by atoms with Crippen LogP contribution in [-0.2, 0) is 11.2 Å². The number of nitrogens with zero attached hydrogens (tertiary/aromatic N) is 2. The molecule has 126 valence electrons. The molecule has 0 spiro atoms. The number of carbonyl (C=O) groups excluding carboxylic acids is 1. The van der Waals surface area contributed by atoms with Gasteiger partial charge in [0, 0.05) is 30.1 Å². The smallest absolute Gasteiger partial charge is 0.323 e. The van der Waals surface area contributed by atoms with E-state index >= 15 is 0 Å². The monoisotopic (exact) mass is 339 g/mol. The number of hydrogen-bond donors (Lipinski definition) is 4. The van der Waals surface area contributed by atoms with Crippen LogP contribution < -0.4 is 16.2 Å². The van der Waals surface area contributed by atoms with Crippen LogP contribution in [0.2, 0.25) is 0 Å². The number of aromatic amines is 1. The van der Waals surface area contributed by atoms with E-state index in [1.165, 1.54) is 0 Å². The lowest BCUT2D eigenvalue weighted by Crippen LogP contribution is -2.33. The molecule has 0 fully saturated rings. The molecule has 1 aliphatic rings. The maximum Gasteiger partial charge on any atom is 0.323 e. The lowest BCUT2D eigenvalue weighted by molar-refractivity contribution is -0.135. The van der Waals surface area contributed by atoms with Crippen LogP contribution in [0.1, 0.15) is 11.3 Å². The van der Waals surface area contributed by atoms with E-state index in [0.717, 1.165) is 22.5 Å². The molecule has 1 aliphatic carbocycles. The van der Waals surface area contributed by atoms with Gasteiger partial charge in [-0.2, -0.15) is 0 Å². The van der Waals surface area contributed by atoms with Gasteiger partial charge in [-0.1, -0.05) is 6.07 Å². The summed E-state index contributed by atoms with van der Waals surface area (Å²) in [4.78, 5) is 41.2. The number of anilines is 1. The molecule has 0 bridgehead atoms. The van der Waals surface area contributed by atoms with E-state index < -0.39 is 18.5 Å². The van der Waals surface area contributed by atoms with Gasteiger partial charge in [0.2, 0.25) is 5.65 Å². The fourth-order valence-corrected chi connectivity index (χ4v) is 3.02. The zero-order valence-corrected chi connectivity index (χ0v) is 12.9. The third kappa shape index (κ3) is 2.51. The largest absolute Gasteiger partial charge is 0.480 e. The summed E-state index contributed by atoms with van der Waals surface area (Å²) >= 11 is 0. The molecular formula is C16H13N5O4. The number of urea groups is 1. The molecule has 0 aliphatic heterocycles. The van der Waals surface area contributed by atoms with E-state index in [4.69, 9.17) is 5.11 Å². The quantitative estimate of drug-likeness (QED) is 0.439. The van der Waals surface area contributed by atoms with E-state index in [-0.39, 0.29) is 5.56 Å². The van der Waals surface area contributed by atoms with E-state index in [2.05, 4.69) is 20.6 Å². The number of amides is 2. The van der Waals surface area contributed by atoms with Crippen molar-refractivity contribution in [1.29, 1.82) is 0 Å². The molecule has 0 unspecified atom stereocenters. The number of fused-ring (bicyclic) bond motifs is 5. The van der Waals surface area contributed by atoms with Crippen molar-refractivity contribution in [2.45, 2.75) is 6.42 Å². The highest BCUT2D eigenvalue weighted by Gasteiger charge is 2.23. The molecule has 0 saturated carbocycles. The zero-order valence-electron chi connectivity index (χ0n) is 12.9. The van der Waals surface area contributed by atoms with Crippen LogP contribution in [0.25, 0.3) is 16.9 Å². The van der Waals surface area contributed by atoms with Crippen molar-refractivity contribution in [3.8, 4) is 11.3 Å². The summed E-state index contributed by atoms with van der Waals surface area (Å²) in [5.74, 6) is -1.12. The van der Waals surface area contributed by atoms with Crippen LogP contribution in [-0.4, -0.2) is 38.0 Å². The van der Waals surface area contributed by atoms with Crippen LogP contribution >= 0.6 is 0 Å². The molecule has 0 atom stereocenters. The van der Waals surface area contributed by atoms with Gasteiger partial charge in [-0.05, 0) is 17.7 Å². The van der Waals surface area contributed by atoms with Gasteiger partial charge in [-0.25, -0.2) is 9.78 Å². The molecule has 9 nitrogen and oxygen atoms in total. The van der Waals surface area contributed by atoms with Gasteiger partial charge in [0.05, 0.1) is 11.4 Å². The number of hydrogen-bond acceptors (Lipinski definition) is 4. The van der Waals surface area contributed by atoms with Crippen LogP contribution in [0.5, 0.6) is 0 Å². The molecular weight excluding hydrogens is 326 g/mol. The number of carbonyl (C=O) groups is 2. The second kappa shape index (κ2) is 5.48. The minimum Gasteiger partial charge on any atom is -0.480 e. The summed E-state index contributed by atoms with van der Waals surface area (Å²) in [7, 11) is 0. The van der Waals surface area contributed by atoms with Crippen molar-refractivity contribution in [2.24, 2.45) is 0 Å². The Hall–Kier alpha value is -3.62. The number of carboxylic acids is 1. The first-order valence-electron chi connectivity index (χ1n) is 7.51. The molecule has 4 N–H and O–H groups in total. The van der Waals surface area contributed by atoms with Gasteiger partial charge in [-0.15, -0.1) is 0 Å². The Kier molecular flexibility index (Phi) is 3.27. The predicted octanol–water partition coefficient (Wildman–Crippen LogP) is 0.800. The van der Waals surface area contributed by atoms with Crippen LogP contribution in [0, 0.1) is 0 Å². The second-order valence-corrected chi connectivity index (χ2v) is 5.65. The molecule has 2 heterocycles. The lowest BCUT2D eigenvalue weighted by Gasteiger charge is -2.08. The highest BCUT2D eigenvalue weighted by Crippen LogP contribution is 2.35. The summed E-state index contributed by atoms with van der Waals surface area (Å²) < 4.78 is 1.76. The first kappa shape index (κ1) is 14.9. The first-order chi connectivity index (χ1) is 12.0. The van der Waals surface area contributed by atoms with Gasteiger partial charge < -0.3 is 20.7 Å². The number of aliphatic carboxylic acids is 1. The van der Waals surface area contributed by atoms with Crippen molar-refractivity contribution in [3.05, 3.63) is 52.2 Å². The van der Waals surface area contributed by atoms with Gasteiger partial charge in [0.1, 0.15) is 6.54 Å². The Labute approximate surface area is 140 Å². The molecule has 2 amide bonds. The number of rotatable bonds is 3. The van der Waals surface area contributed by atoms with Crippen molar-refractivity contribution in [3.63, 3.8) is 0 Å². The Balaban J connectivity index is 1.64. The summed E-state index contributed by atoms with van der Waals surface area (Å²) in [6.45, 7) is -0.456. The number of H-pyrrole nitrogens is 1. The Bertz CT molecular complexity index is 1080. The van der Waals surface area contributed by atoms with Gasteiger partial charge in [-0.3, -0.25) is 14.0 Å². The molecule has 9 heteroatoms.